The molecule has 0 aliphatic carbocycles. The second-order valence-electron chi connectivity index (χ2n) is 7.78. The van der Waals surface area contributed by atoms with Crippen molar-refractivity contribution in [1.82, 2.24) is 9.78 Å². The second kappa shape index (κ2) is 7.59. The average molecular weight is 392 g/mol. The molecule has 0 spiro atoms. The van der Waals surface area contributed by atoms with Gasteiger partial charge < -0.3 is 4.90 Å². The van der Waals surface area contributed by atoms with Gasteiger partial charge in [0.05, 0.1) is 5.69 Å². The standard InChI is InChI=1S/C24H29N3S/c1-6-9-19(21-11-8-13-28-21)23-20-10-7-12-27(24(20)25-26(23)5)22-17(3)14-16(2)15-18(22)4/h8-9,11,13-15H,6-7,10,12H2,1-5H3. The van der Waals surface area contributed by atoms with Gasteiger partial charge in [0, 0.05) is 35.3 Å². The van der Waals surface area contributed by atoms with Crippen molar-refractivity contribution in [3.63, 3.8) is 0 Å². The Balaban J connectivity index is 1.87. The van der Waals surface area contributed by atoms with Crippen LogP contribution in [0.1, 0.15) is 52.6 Å². The fraction of sp³-hybridized carbons (Fsp3) is 0.375. The van der Waals surface area contributed by atoms with Gasteiger partial charge in [-0.1, -0.05) is 36.8 Å². The molecule has 0 bridgehead atoms. The van der Waals surface area contributed by atoms with Gasteiger partial charge in [-0.3, -0.25) is 4.68 Å². The summed E-state index contributed by atoms with van der Waals surface area (Å²) in [5.41, 5.74) is 9.32. The van der Waals surface area contributed by atoms with E-state index >= 15 is 0 Å². The third-order valence-corrected chi connectivity index (χ3v) is 6.45. The Kier molecular flexibility index (Phi) is 5.15. The molecule has 0 saturated heterocycles. The van der Waals surface area contributed by atoms with Crippen molar-refractivity contribution in [2.24, 2.45) is 7.05 Å². The molecule has 3 heterocycles. The summed E-state index contributed by atoms with van der Waals surface area (Å²) in [4.78, 5) is 3.78. The first-order valence-corrected chi connectivity index (χ1v) is 11.0. The molecule has 0 atom stereocenters. The van der Waals surface area contributed by atoms with E-state index < -0.39 is 0 Å². The SMILES string of the molecule is CCC=C(c1cccs1)c1c2c(nn1C)N(c1c(C)cc(C)cc1C)CCC2. The number of rotatable bonds is 4. The number of aromatic nitrogens is 2. The summed E-state index contributed by atoms with van der Waals surface area (Å²) in [6.45, 7) is 9.86. The monoisotopic (exact) mass is 391 g/mol. The molecule has 2 aromatic heterocycles. The summed E-state index contributed by atoms with van der Waals surface area (Å²) in [6, 6.07) is 8.93. The van der Waals surface area contributed by atoms with Crippen LogP contribution in [0, 0.1) is 20.8 Å². The first kappa shape index (κ1) is 19.0. The molecule has 0 fully saturated rings. The van der Waals surface area contributed by atoms with E-state index in [9.17, 15) is 0 Å². The van der Waals surface area contributed by atoms with E-state index in [1.807, 2.05) is 11.3 Å². The lowest BCUT2D eigenvalue weighted by Gasteiger charge is -2.31. The topological polar surface area (TPSA) is 21.1 Å². The van der Waals surface area contributed by atoms with Gasteiger partial charge in [-0.05, 0) is 62.6 Å². The maximum Gasteiger partial charge on any atom is 0.158 e. The molecule has 1 aliphatic rings. The van der Waals surface area contributed by atoms with Gasteiger partial charge in [-0.2, -0.15) is 5.10 Å². The van der Waals surface area contributed by atoms with Gasteiger partial charge in [-0.25, -0.2) is 0 Å². The third-order valence-electron chi connectivity index (χ3n) is 5.54. The highest BCUT2D eigenvalue weighted by Crippen LogP contribution is 2.41. The van der Waals surface area contributed by atoms with Crippen LogP contribution in [0.5, 0.6) is 0 Å². The molecule has 0 N–H and O–H groups in total. The minimum absolute atomic E-state index is 1.02. The van der Waals surface area contributed by atoms with Crippen LogP contribution in [-0.4, -0.2) is 16.3 Å². The minimum atomic E-state index is 1.02. The molecule has 1 aliphatic heterocycles. The Morgan fingerprint density at radius 1 is 1.21 bits per heavy atom. The Morgan fingerprint density at radius 2 is 1.96 bits per heavy atom. The number of allylic oxidation sites excluding steroid dienone is 1. The maximum atomic E-state index is 5.03. The lowest BCUT2D eigenvalue weighted by Crippen LogP contribution is -2.26. The highest BCUT2D eigenvalue weighted by Gasteiger charge is 2.29. The molecule has 28 heavy (non-hydrogen) atoms. The molecule has 1 aromatic carbocycles. The van der Waals surface area contributed by atoms with Crippen molar-refractivity contribution < 1.29 is 0 Å². The van der Waals surface area contributed by atoms with Crippen molar-refractivity contribution in [2.75, 3.05) is 11.4 Å². The summed E-state index contributed by atoms with van der Waals surface area (Å²) in [7, 11) is 2.10. The number of anilines is 2. The van der Waals surface area contributed by atoms with Crippen molar-refractivity contribution in [1.29, 1.82) is 0 Å². The Labute approximate surface area is 172 Å². The van der Waals surface area contributed by atoms with Gasteiger partial charge in [0.2, 0.25) is 0 Å². The molecule has 0 saturated carbocycles. The van der Waals surface area contributed by atoms with E-state index in [1.165, 1.54) is 44.1 Å². The summed E-state index contributed by atoms with van der Waals surface area (Å²) in [5, 5.41) is 7.19. The molecule has 0 unspecified atom stereocenters. The fourth-order valence-electron chi connectivity index (χ4n) is 4.62. The quantitative estimate of drug-likeness (QED) is 0.518. The van der Waals surface area contributed by atoms with Gasteiger partial charge in [0.15, 0.2) is 5.82 Å². The minimum Gasteiger partial charge on any atom is -0.324 e. The highest BCUT2D eigenvalue weighted by molar-refractivity contribution is 7.11. The maximum absolute atomic E-state index is 5.03. The molecule has 4 heteroatoms. The zero-order valence-corrected chi connectivity index (χ0v) is 18.4. The van der Waals surface area contributed by atoms with Crippen LogP contribution in [0.15, 0.2) is 35.7 Å². The van der Waals surface area contributed by atoms with Crippen LogP contribution in [-0.2, 0) is 13.5 Å². The molecular formula is C24H29N3S. The lowest BCUT2D eigenvalue weighted by atomic mass is 9.96. The zero-order valence-electron chi connectivity index (χ0n) is 17.5. The number of nitrogens with zero attached hydrogens (tertiary/aromatic N) is 3. The number of hydrogen-bond acceptors (Lipinski definition) is 3. The smallest absolute Gasteiger partial charge is 0.158 e. The van der Waals surface area contributed by atoms with Crippen LogP contribution in [0.4, 0.5) is 11.5 Å². The molecule has 146 valence electrons. The predicted molar refractivity (Wildman–Crippen MR) is 121 cm³/mol. The van der Waals surface area contributed by atoms with E-state index in [4.69, 9.17) is 5.10 Å². The summed E-state index contributed by atoms with van der Waals surface area (Å²) < 4.78 is 2.10. The Morgan fingerprint density at radius 3 is 2.61 bits per heavy atom. The Hall–Kier alpha value is -2.33. The zero-order chi connectivity index (χ0) is 19.8. The van der Waals surface area contributed by atoms with Crippen molar-refractivity contribution >= 4 is 28.4 Å². The molecule has 0 radical (unpaired) electrons. The normalized spacial score (nSPS) is 14.5. The second-order valence-corrected chi connectivity index (χ2v) is 8.73. The van der Waals surface area contributed by atoms with Crippen molar-refractivity contribution in [3.8, 4) is 0 Å². The molecule has 3 aromatic rings. The van der Waals surface area contributed by atoms with Crippen LogP contribution < -0.4 is 4.90 Å². The number of benzene rings is 1. The summed E-state index contributed by atoms with van der Waals surface area (Å²) in [5.74, 6) is 1.14. The fourth-order valence-corrected chi connectivity index (χ4v) is 5.39. The predicted octanol–water partition coefficient (Wildman–Crippen LogP) is 6.33. The van der Waals surface area contributed by atoms with Crippen molar-refractivity contribution in [3.05, 3.63) is 68.5 Å². The molecule has 0 amide bonds. The van der Waals surface area contributed by atoms with E-state index in [2.05, 4.69) is 80.0 Å². The van der Waals surface area contributed by atoms with Gasteiger partial charge in [0.25, 0.3) is 0 Å². The molecule has 4 rings (SSSR count). The Bertz CT molecular complexity index is 1000. The number of hydrogen-bond donors (Lipinski definition) is 0. The van der Waals surface area contributed by atoms with Crippen LogP contribution in [0.25, 0.3) is 5.57 Å². The summed E-state index contributed by atoms with van der Waals surface area (Å²) >= 11 is 1.81. The third kappa shape index (κ3) is 3.20. The summed E-state index contributed by atoms with van der Waals surface area (Å²) in [6.07, 6.45) is 5.62. The van der Waals surface area contributed by atoms with Crippen LogP contribution in [0.3, 0.4) is 0 Å². The molecular weight excluding hydrogens is 362 g/mol. The first-order chi connectivity index (χ1) is 13.5. The average Bonchev–Trinajstić information content (AvgIpc) is 3.27. The van der Waals surface area contributed by atoms with Gasteiger partial charge in [-0.15, -0.1) is 11.3 Å². The largest absolute Gasteiger partial charge is 0.324 e. The number of aryl methyl sites for hydroxylation is 4. The molecule has 3 nitrogen and oxygen atoms in total. The first-order valence-electron chi connectivity index (χ1n) is 10.2. The van der Waals surface area contributed by atoms with Crippen LogP contribution in [0.2, 0.25) is 0 Å². The van der Waals surface area contributed by atoms with Crippen molar-refractivity contribution in [2.45, 2.75) is 47.0 Å². The van der Waals surface area contributed by atoms with Gasteiger partial charge >= 0.3 is 0 Å². The van der Waals surface area contributed by atoms with E-state index in [-0.39, 0.29) is 0 Å². The number of thiophene rings is 1. The lowest BCUT2D eigenvalue weighted by molar-refractivity contribution is 0.738. The van der Waals surface area contributed by atoms with E-state index in [0.717, 1.165) is 31.6 Å². The number of fused-ring (bicyclic) bond motifs is 1. The van der Waals surface area contributed by atoms with Crippen LogP contribution >= 0.6 is 11.3 Å². The van der Waals surface area contributed by atoms with Gasteiger partial charge in [0.1, 0.15) is 0 Å². The highest BCUT2D eigenvalue weighted by atomic mass is 32.1. The van der Waals surface area contributed by atoms with E-state index in [1.54, 1.807) is 0 Å². The van der Waals surface area contributed by atoms with E-state index in [0.29, 0.717) is 0 Å².